The second-order valence-electron chi connectivity index (χ2n) is 8.94. The van der Waals surface area contributed by atoms with Gasteiger partial charge in [-0.2, -0.15) is 0 Å². The lowest BCUT2D eigenvalue weighted by molar-refractivity contribution is -0.115. The molecule has 4 aliphatic rings. The van der Waals surface area contributed by atoms with E-state index in [0.29, 0.717) is 5.13 Å². The fourth-order valence-corrected chi connectivity index (χ4v) is 7.20. The van der Waals surface area contributed by atoms with Crippen LogP contribution in [0.3, 0.4) is 0 Å². The van der Waals surface area contributed by atoms with Crippen LogP contribution in [0.25, 0.3) is 0 Å². The molecular weight excluding hydrogens is 376 g/mol. The molecule has 28 heavy (non-hydrogen) atoms. The molecular formula is C20H24N4O3S. The molecule has 1 amide bonds. The first kappa shape index (κ1) is 17.8. The number of nitrogens with one attached hydrogen (secondary N) is 3. The van der Waals surface area contributed by atoms with Gasteiger partial charge in [0.2, 0.25) is 5.91 Å². The van der Waals surface area contributed by atoms with Gasteiger partial charge in [0.05, 0.1) is 12.1 Å². The van der Waals surface area contributed by atoms with E-state index in [1.165, 1.54) is 66.6 Å². The smallest absolute Gasteiger partial charge is 0.314 e. The third-order valence-electron chi connectivity index (χ3n) is 6.83. The number of nitrogens with zero attached hydrogens (tertiary/aromatic N) is 1. The number of hydrogen-bond donors (Lipinski definition) is 3. The van der Waals surface area contributed by atoms with Crippen molar-refractivity contribution in [3.05, 3.63) is 43.2 Å². The van der Waals surface area contributed by atoms with Crippen molar-refractivity contribution < 1.29 is 4.79 Å². The van der Waals surface area contributed by atoms with Crippen LogP contribution in [0.1, 0.15) is 54.7 Å². The first-order valence-corrected chi connectivity index (χ1v) is 10.8. The summed E-state index contributed by atoms with van der Waals surface area (Å²) in [4.78, 5) is 45.9. The summed E-state index contributed by atoms with van der Waals surface area (Å²) in [6.45, 7) is 2.11. The highest BCUT2D eigenvalue weighted by Crippen LogP contribution is 2.61. The molecule has 0 aromatic carbocycles. The number of aromatic amines is 2. The van der Waals surface area contributed by atoms with Crippen LogP contribution in [0.5, 0.6) is 0 Å². The van der Waals surface area contributed by atoms with Gasteiger partial charge in [-0.1, -0.05) is 0 Å². The average molecular weight is 401 g/mol. The second kappa shape index (κ2) is 6.40. The van der Waals surface area contributed by atoms with Crippen molar-refractivity contribution in [2.24, 2.45) is 17.8 Å². The van der Waals surface area contributed by atoms with Gasteiger partial charge >= 0.3 is 5.69 Å². The minimum absolute atomic E-state index is 0.0998. The number of H-pyrrole nitrogens is 2. The van der Waals surface area contributed by atoms with E-state index in [0.717, 1.165) is 17.8 Å². The number of aryl methyl sites for hydroxylation is 1. The quantitative estimate of drug-likeness (QED) is 0.733. The first-order valence-electron chi connectivity index (χ1n) is 9.99. The lowest BCUT2D eigenvalue weighted by Gasteiger charge is -2.56. The molecule has 0 spiro atoms. The Hall–Kier alpha value is -2.22. The standard InChI is InChI=1S/C20H24N4O3S/c1-10-16(20-6-11-2-12(7-20)4-13(3-11)8-20)23-19(28-10)22-15(25)5-14-9-21-18(27)24-17(14)26/h9,11-13H,2-8H2,1H3,(H,22,23,25)(H2,21,24,26,27). The summed E-state index contributed by atoms with van der Waals surface area (Å²) in [5.74, 6) is 2.23. The van der Waals surface area contributed by atoms with Gasteiger partial charge in [-0.25, -0.2) is 9.78 Å². The fourth-order valence-electron chi connectivity index (χ4n) is 6.25. The molecule has 2 heterocycles. The molecule has 148 valence electrons. The summed E-state index contributed by atoms with van der Waals surface area (Å²) < 4.78 is 0. The van der Waals surface area contributed by atoms with E-state index in [1.54, 1.807) is 0 Å². The number of aromatic nitrogens is 3. The van der Waals surface area contributed by atoms with Gasteiger partial charge in [-0.05, 0) is 63.2 Å². The van der Waals surface area contributed by atoms with E-state index < -0.39 is 11.2 Å². The highest BCUT2D eigenvalue weighted by Gasteiger charge is 2.53. The molecule has 3 N–H and O–H groups in total. The lowest BCUT2D eigenvalue weighted by Crippen LogP contribution is -2.49. The Labute approximate surface area is 166 Å². The number of carbonyl (C=O) groups is 1. The third-order valence-corrected chi connectivity index (χ3v) is 7.72. The van der Waals surface area contributed by atoms with Crippen molar-refractivity contribution in [2.45, 2.75) is 57.3 Å². The summed E-state index contributed by atoms with van der Waals surface area (Å²) in [6.07, 6.45) is 9.07. The number of thiazole rings is 1. The Morgan fingerprint density at radius 3 is 2.46 bits per heavy atom. The van der Waals surface area contributed by atoms with Crippen molar-refractivity contribution in [3.8, 4) is 0 Å². The Morgan fingerprint density at radius 2 is 1.86 bits per heavy atom. The predicted octanol–water partition coefficient (Wildman–Crippen LogP) is 2.48. The van der Waals surface area contributed by atoms with Gasteiger partial charge in [-0.15, -0.1) is 11.3 Å². The minimum Gasteiger partial charge on any atom is -0.314 e. The molecule has 4 saturated carbocycles. The maximum Gasteiger partial charge on any atom is 0.325 e. The van der Waals surface area contributed by atoms with Crippen LogP contribution in [0.15, 0.2) is 15.8 Å². The van der Waals surface area contributed by atoms with Crippen LogP contribution in [-0.2, 0) is 16.6 Å². The van der Waals surface area contributed by atoms with E-state index in [1.807, 2.05) is 0 Å². The maximum atomic E-state index is 12.4. The molecule has 0 unspecified atom stereocenters. The number of amides is 1. The number of hydrogen-bond acceptors (Lipinski definition) is 5. The summed E-state index contributed by atoms with van der Waals surface area (Å²) in [6, 6.07) is 0. The molecule has 0 radical (unpaired) electrons. The topological polar surface area (TPSA) is 108 Å². The largest absolute Gasteiger partial charge is 0.325 e. The molecule has 0 atom stereocenters. The molecule has 2 aromatic rings. The Balaban J connectivity index is 1.35. The van der Waals surface area contributed by atoms with Crippen molar-refractivity contribution in [2.75, 3.05) is 5.32 Å². The molecule has 7 nitrogen and oxygen atoms in total. The van der Waals surface area contributed by atoms with Gasteiger partial charge in [0, 0.05) is 22.1 Å². The van der Waals surface area contributed by atoms with Crippen LogP contribution in [0.2, 0.25) is 0 Å². The molecule has 4 aliphatic carbocycles. The van der Waals surface area contributed by atoms with Crippen molar-refractivity contribution >= 4 is 22.4 Å². The number of carbonyl (C=O) groups excluding carboxylic acids is 1. The van der Waals surface area contributed by atoms with E-state index in [9.17, 15) is 14.4 Å². The van der Waals surface area contributed by atoms with Crippen LogP contribution < -0.4 is 16.6 Å². The van der Waals surface area contributed by atoms with Crippen LogP contribution >= 0.6 is 11.3 Å². The number of anilines is 1. The Bertz CT molecular complexity index is 1010. The zero-order valence-corrected chi connectivity index (χ0v) is 16.7. The average Bonchev–Trinajstić information content (AvgIpc) is 2.97. The zero-order valence-electron chi connectivity index (χ0n) is 15.8. The third kappa shape index (κ3) is 3.03. The monoisotopic (exact) mass is 400 g/mol. The van der Waals surface area contributed by atoms with E-state index in [2.05, 4.69) is 22.2 Å². The summed E-state index contributed by atoms with van der Waals surface area (Å²) in [5.41, 5.74) is 0.503. The molecule has 8 heteroatoms. The van der Waals surface area contributed by atoms with Crippen LogP contribution in [-0.4, -0.2) is 20.9 Å². The SMILES string of the molecule is Cc1sc(NC(=O)Cc2c[nH]c(=O)[nH]c2=O)nc1C12CC3CC(CC(C3)C1)C2. The van der Waals surface area contributed by atoms with E-state index in [-0.39, 0.29) is 23.3 Å². The Kier molecular flexibility index (Phi) is 4.08. The Morgan fingerprint density at radius 1 is 1.21 bits per heavy atom. The van der Waals surface area contributed by atoms with Crippen molar-refractivity contribution in [3.63, 3.8) is 0 Å². The molecule has 0 aliphatic heterocycles. The van der Waals surface area contributed by atoms with Gasteiger partial charge in [-0.3, -0.25) is 14.6 Å². The molecule has 2 aromatic heterocycles. The molecule has 0 saturated heterocycles. The molecule has 4 fully saturated rings. The predicted molar refractivity (Wildman–Crippen MR) is 107 cm³/mol. The first-order chi connectivity index (χ1) is 13.4. The second-order valence-corrected chi connectivity index (χ2v) is 10.1. The van der Waals surface area contributed by atoms with Gasteiger partial charge in [0.25, 0.3) is 5.56 Å². The maximum absolute atomic E-state index is 12.4. The highest BCUT2D eigenvalue weighted by atomic mass is 32.1. The highest BCUT2D eigenvalue weighted by molar-refractivity contribution is 7.15. The fraction of sp³-hybridized carbons (Fsp3) is 0.600. The summed E-state index contributed by atoms with van der Waals surface area (Å²) in [7, 11) is 0. The van der Waals surface area contributed by atoms with Crippen LogP contribution in [0.4, 0.5) is 5.13 Å². The van der Waals surface area contributed by atoms with E-state index >= 15 is 0 Å². The van der Waals surface area contributed by atoms with Crippen molar-refractivity contribution in [1.29, 1.82) is 0 Å². The van der Waals surface area contributed by atoms with E-state index in [4.69, 9.17) is 4.98 Å². The van der Waals surface area contributed by atoms with Gasteiger partial charge < -0.3 is 10.3 Å². The minimum atomic E-state index is -0.579. The van der Waals surface area contributed by atoms with Gasteiger partial charge in [0.1, 0.15) is 0 Å². The van der Waals surface area contributed by atoms with Gasteiger partial charge in [0.15, 0.2) is 5.13 Å². The van der Waals surface area contributed by atoms with Crippen LogP contribution in [0, 0.1) is 24.7 Å². The zero-order chi connectivity index (χ0) is 19.5. The molecule has 4 bridgehead atoms. The number of rotatable bonds is 4. The summed E-state index contributed by atoms with van der Waals surface area (Å²) in [5, 5.41) is 3.45. The summed E-state index contributed by atoms with van der Waals surface area (Å²) >= 11 is 1.52. The normalized spacial score (nSPS) is 30.5. The lowest BCUT2D eigenvalue weighted by atomic mass is 9.48. The molecule has 6 rings (SSSR count). The van der Waals surface area contributed by atoms with Crippen molar-refractivity contribution in [1.82, 2.24) is 15.0 Å².